The number of rotatable bonds is 14. The van der Waals surface area contributed by atoms with E-state index in [0.717, 1.165) is 19.3 Å². The number of hydrogen-bond acceptors (Lipinski definition) is 4. The third kappa shape index (κ3) is 18.5. The number of unbranched alkanes of at least 4 members (excludes halogenated alkanes) is 1. The molecule has 0 aliphatic carbocycles. The summed E-state index contributed by atoms with van der Waals surface area (Å²) in [7, 11) is 0. The topological polar surface area (TPSA) is 98.0 Å². The molecular formula is C20H32O5. The van der Waals surface area contributed by atoms with Crippen LogP contribution in [0.5, 0.6) is 0 Å². The van der Waals surface area contributed by atoms with Crippen LogP contribution >= 0.6 is 0 Å². The Balaban J connectivity index is 3.82. The zero-order valence-corrected chi connectivity index (χ0v) is 15.0. The molecule has 0 rings (SSSR count). The third-order valence-electron chi connectivity index (χ3n) is 3.43. The Kier molecular flexibility index (Phi) is 14.7. The molecule has 0 amide bonds. The van der Waals surface area contributed by atoms with Crippen LogP contribution < -0.4 is 0 Å². The Hall–Kier alpha value is -1.69. The minimum Gasteiger partial charge on any atom is -0.481 e. The molecule has 142 valence electrons. The van der Waals surface area contributed by atoms with Crippen molar-refractivity contribution in [3.63, 3.8) is 0 Å². The molecule has 0 aromatic rings. The Morgan fingerprint density at radius 3 is 2.12 bits per heavy atom. The van der Waals surface area contributed by atoms with Crippen LogP contribution in [0.25, 0.3) is 0 Å². The molecule has 0 aromatic carbocycles. The molecule has 0 radical (unpaired) electrons. The highest BCUT2D eigenvalue weighted by Crippen LogP contribution is 2.04. The van der Waals surface area contributed by atoms with Crippen molar-refractivity contribution < 1.29 is 25.2 Å². The van der Waals surface area contributed by atoms with Crippen molar-refractivity contribution in [2.24, 2.45) is 0 Å². The lowest BCUT2D eigenvalue weighted by atomic mass is 10.1. The Bertz CT molecular complexity index is 449. The van der Waals surface area contributed by atoms with Gasteiger partial charge in [-0.05, 0) is 45.4 Å². The van der Waals surface area contributed by atoms with Crippen LogP contribution in [-0.2, 0) is 4.79 Å². The van der Waals surface area contributed by atoms with Gasteiger partial charge in [0.1, 0.15) is 0 Å². The first-order valence-electron chi connectivity index (χ1n) is 8.84. The first kappa shape index (κ1) is 23.3. The fraction of sp³-hybridized carbons (Fsp3) is 0.550. The highest BCUT2D eigenvalue weighted by molar-refractivity contribution is 5.66. The van der Waals surface area contributed by atoms with E-state index in [1.54, 1.807) is 43.4 Å². The summed E-state index contributed by atoms with van der Waals surface area (Å²) >= 11 is 0. The quantitative estimate of drug-likeness (QED) is 0.219. The van der Waals surface area contributed by atoms with E-state index in [-0.39, 0.29) is 12.5 Å². The summed E-state index contributed by atoms with van der Waals surface area (Å²) in [6.07, 6.45) is 16.9. The summed E-state index contributed by atoms with van der Waals surface area (Å²) in [5.74, 6) is -0.852. The molecule has 0 spiro atoms. The maximum Gasteiger partial charge on any atom is 0.303 e. The number of hydrogen-bond donors (Lipinski definition) is 4. The number of carbonyl (C=O) groups is 1. The second kappa shape index (κ2) is 15.8. The largest absolute Gasteiger partial charge is 0.481 e. The van der Waals surface area contributed by atoms with Crippen molar-refractivity contribution in [2.75, 3.05) is 0 Å². The van der Waals surface area contributed by atoms with Gasteiger partial charge in [-0.1, -0.05) is 48.6 Å². The molecule has 0 aliphatic heterocycles. The van der Waals surface area contributed by atoms with Crippen LogP contribution in [0.15, 0.2) is 48.6 Å². The molecule has 5 heteroatoms. The third-order valence-corrected chi connectivity index (χ3v) is 3.43. The Morgan fingerprint density at radius 1 is 0.880 bits per heavy atom. The average molecular weight is 352 g/mol. The van der Waals surface area contributed by atoms with Crippen LogP contribution in [0.2, 0.25) is 0 Å². The van der Waals surface area contributed by atoms with Crippen LogP contribution in [0, 0.1) is 0 Å². The van der Waals surface area contributed by atoms with E-state index in [1.807, 2.05) is 12.2 Å². The van der Waals surface area contributed by atoms with Gasteiger partial charge in [0.15, 0.2) is 0 Å². The second-order valence-electron chi connectivity index (χ2n) is 6.06. The van der Waals surface area contributed by atoms with Crippen molar-refractivity contribution in [3.8, 4) is 0 Å². The molecule has 0 heterocycles. The zero-order valence-electron chi connectivity index (χ0n) is 15.0. The molecular weight excluding hydrogens is 320 g/mol. The van der Waals surface area contributed by atoms with Gasteiger partial charge in [-0.2, -0.15) is 0 Å². The van der Waals surface area contributed by atoms with E-state index in [1.165, 1.54) is 0 Å². The van der Waals surface area contributed by atoms with E-state index in [9.17, 15) is 15.0 Å². The number of allylic oxidation sites excluding steroid dienone is 5. The zero-order chi connectivity index (χ0) is 18.9. The monoisotopic (exact) mass is 352 g/mol. The van der Waals surface area contributed by atoms with Gasteiger partial charge < -0.3 is 20.4 Å². The molecule has 0 saturated carbocycles. The molecule has 5 nitrogen and oxygen atoms in total. The molecule has 4 N–H and O–H groups in total. The summed E-state index contributed by atoms with van der Waals surface area (Å²) < 4.78 is 0. The first-order valence-corrected chi connectivity index (χ1v) is 8.84. The van der Waals surface area contributed by atoms with Gasteiger partial charge >= 0.3 is 5.97 Å². The smallest absolute Gasteiger partial charge is 0.303 e. The predicted molar refractivity (Wildman–Crippen MR) is 100 cm³/mol. The van der Waals surface area contributed by atoms with Crippen molar-refractivity contribution >= 4 is 5.97 Å². The average Bonchev–Trinajstić information content (AvgIpc) is 2.53. The summed E-state index contributed by atoms with van der Waals surface area (Å²) in [5, 5.41) is 37.0. The highest BCUT2D eigenvalue weighted by atomic mass is 16.4. The fourth-order valence-corrected chi connectivity index (χ4v) is 2.03. The van der Waals surface area contributed by atoms with Gasteiger partial charge in [0, 0.05) is 6.42 Å². The van der Waals surface area contributed by atoms with Gasteiger partial charge in [-0.25, -0.2) is 0 Å². The fourth-order valence-electron chi connectivity index (χ4n) is 2.03. The number of aliphatic hydroxyl groups excluding tert-OH is 3. The molecule has 0 bridgehead atoms. The lowest BCUT2D eigenvalue weighted by Gasteiger charge is -2.02. The van der Waals surface area contributed by atoms with Gasteiger partial charge in [-0.15, -0.1) is 0 Å². The SMILES string of the molecule is CC(O)CCCC=CC[C@@H](O)C=CC=CC=C[C@@H](O)CCCC(=O)O. The van der Waals surface area contributed by atoms with Crippen molar-refractivity contribution in [1.29, 1.82) is 0 Å². The minimum absolute atomic E-state index is 0.0658. The lowest BCUT2D eigenvalue weighted by Crippen LogP contribution is -2.03. The predicted octanol–water partition coefficient (Wildman–Crippen LogP) is 3.13. The lowest BCUT2D eigenvalue weighted by molar-refractivity contribution is -0.137. The van der Waals surface area contributed by atoms with E-state index < -0.39 is 18.2 Å². The number of carboxylic acid groups (broad SMARTS) is 1. The van der Waals surface area contributed by atoms with Crippen LogP contribution in [0.4, 0.5) is 0 Å². The van der Waals surface area contributed by atoms with Gasteiger partial charge in [0.2, 0.25) is 0 Å². The Labute approximate surface area is 150 Å². The van der Waals surface area contributed by atoms with Crippen molar-refractivity contribution in [3.05, 3.63) is 48.6 Å². The van der Waals surface area contributed by atoms with Gasteiger partial charge in [0.25, 0.3) is 0 Å². The summed E-state index contributed by atoms with van der Waals surface area (Å²) in [5.41, 5.74) is 0. The molecule has 1 unspecified atom stereocenters. The summed E-state index contributed by atoms with van der Waals surface area (Å²) in [6, 6.07) is 0. The van der Waals surface area contributed by atoms with Gasteiger partial charge in [0.05, 0.1) is 18.3 Å². The van der Waals surface area contributed by atoms with Crippen LogP contribution in [0.1, 0.15) is 51.9 Å². The van der Waals surface area contributed by atoms with E-state index in [0.29, 0.717) is 19.3 Å². The van der Waals surface area contributed by atoms with E-state index in [4.69, 9.17) is 10.2 Å². The normalized spacial score (nSPS) is 16.3. The minimum atomic E-state index is -0.852. The molecule has 0 saturated heterocycles. The number of aliphatic hydroxyl groups is 3. The van der Waals surface area contributed by atoms with Crippen molar-refractivity contribution in [1.82, 2.24) is 0 Å². The maximum absolute atomic E-state index is 10.4. The maximum atomic E-state index is 10.4. The number of carboxylic acids is 1. The Morgan fingerprint density at radius 2 is 1.52 bits per heavy atom. The molecule has 0 aliphatic rings. The molecule has 3 atom stereocenters. The standard InChI is InChI=1S/C20H32O5/c1-17(21)11-6-2-3-7-12-18(22)13-8-4-5-9-14-19(23)15-10-16-20(24)25/h3-5,7-9,13-14,17-19,21-23H,2,6,10-12,15-16H2,1H3,(H,24,25)/t17?,18-,19-/m1/s1. The second-order valence-corrected chi connectivity index (χ2v) is 6.06. The molecule has 25 heavy (non-hydrogen) atoms. The first-order chi connectivity index (χ1) is 11.9. The van der Waals surface area contributed by atoms with Gasteiger partial charge in [-0.3, -0.25) is 4.79 Å². The van der Waals surface area contributed by atoms with Crippen molar-refractivity contribution in [2.45, 2.75) is 70.2 Å². The molecule has 0 fully saturated rings. The number of aliphatic carboxylic acids is 1. The highest BCUT2D eigenvalue weighted by Gasteiger charge is 2.01. The van der Waals surface area contributed by atoms with Crippen LogP contribution in [-0.4, -0.2) is 44.7 Å². The summed E-state index contributed by atoms with van der Waals surface area (Å²) in [4.78, 5) is 10.4. The van der Waals surface area contributed by atoms with E-state index in [2.05, 4.69) is 0 Å². The molecule has 0 aromatic heterocycles. The van der Waals surface area contributed by atoms with E-state index >= 15 is 0 Å². The van der Waals surface area contributed by atoms with Crippen LogP contribution in [0.3, 0.4) is 0 Å². The summed E-state index contributed by atoms with van der Waals surface area (Å²) in [6.45, 7) is 1.78.